The van der Waals surface area contributed by atoms with Crippen LogP contribution in [0.15, 0.2) is 36.5 Å². The molecular formula is C15H18N4O. The first-order valence-electron chi connectivity index (χ1n) is 6.92. The second-order valence-electron chi connectivity index (χ2n) is 5.51. The summed E-state index contributed by atoms with van der Waals surface area (Å²) in [5.41, 5.74) is 1.12. The molecule has 0 bridgehead atoms. The molecule has 1 aliphatic rings. The largest absolute Gasteiger partial charge is 0.317 e. The van der Waals surface area contributed by atoms with E-state index in [9.17, 15) is 4.79 Å². The Labute approximate surface area is 118 Å². The maximum Gasteiger partial charge on any atom is 0.188 e. The lowest BCUT2D eigenvalue weighted by Crippen LogP contribution is -2.40. The molecule has 0 spiro atoms. The molecule has 0 radical (unpaired) electrons. The standard InChI is InChI=1S/C15H18N4O/c1-15(7-9-16-10-8-15)14(20)13-11-17-18-19(13)12-5-3-2-4-6-12/h2-6,11,16H,7-10H2,1H3. The van der Waals surface area contributed by atoms with Crippen LogP contribution in [0.1, 0.15) is 30.3 Å². The zero-order chi connectivity index (χ0) is 14.0. The molecule has 0 aliphatic carbocycles. The van der Waals surface area contributed by atoms with Gasteiger partial charge in [0.25, 0.3) is 0 Å². The van der Waals surface area contributed by atoms with E-state index in [1.165, 1.54) is 0 Å². The van der Waals surface area contributed by atoms with Crippen molar-refractivity contribution in [3.05, 3.63) is 42.2 Å². The summed E-state index contributed by atoms with van der Waals surface area (Å²) in [5.74, 6) is 0.132. The van der Waals surface area contributed by atoms with Gasteiger partial charge in [0.2, 0.25) is 0 Å². The number of ketones is 1. The molecule has 3 rings (SSSR count). The molecule has 104 valence electrons. The van der Waals surface area contributed by atoms with Gasteiger partial charge in [0.1, 0.15) is 5.69 Å². The molecule has 1 aromatic heterocycles. The number of nitrogens with one attached hydrogen (secondary N) is 1. The Morgan fingerprint density at radius 2 is 1.95 bits per heavy atom. The van der Waals surface area contributed by atoms with Gasteiger partial charge in [0.05, 0.1) is 11.9 Å². The van der Waals surface area contributed by atoms with Gasteiger partial charge in [0.15, 0.2) is 5.78 Å². The van der Waals surface area contributed by atoms with Crippen LogP contribution >= 0.6 is 0 Å². The van der Waals surface area contributed by atoms with Gasteiger partial charge in [-0.15, -0.1) is 5.10 Å². The van der Waals surface area contributed by atoms with Crippen molar-refractivity contribution >= 4 is 5.78 Å². The molecule has 5 heteroatoms. The van der Waals surface area contributed by atoms with Crippen molar-refractivity contribution in [1.82, 2.24) is 20.3 Å². The van der Waals surface area contributed by atoms with Crippen molar-refractivity contribution in [1.29, 1.82) is 0 Å². The van der Waals surface area contributed by atoms with Gasteiger partial charge in [-0.2, -0.15) is 0 Å². The van der Waals surface area contributed by atoms with Gasteiger partial charge in [0, 0.05) is 5.41 Å². The number of hydrogen-bond donors (Lipinski definition) is 1. The lowest BCUT2D eigenvalue weighted by atomic mass is 9.76. The van der Waals surface area contributed by atoms with Gasteiger partial charge in [-0.3, -0.25) is 4.79 Å². The number of benzene rings is 1. The Balaban J connectivity index is 1.95. The van der Waals surface area contributed by atoms with Crippen LogP contribution in [0.5, 0.6) is 0 Å². The number of hydrogen-bond acceptors (Lipinski definition) is 4. The Bertz CT molecular complexity index is 599. The second-order valence-corrected chi connectivity index (χ2v) is 5.51. The predicted octanol–water partition coefficient (Wildman–Crippen LogP) is 1.84. The number of carbonyl (C=O) groups is 1. The van der Waals surface area contributed by atoms with Crippen LogP contribution in [0.3, 0.4) is 0 Å². The summed E-state index contributed by atoms with van der Waals surface area (Å²) in [6.07, 6.45) is 3.28. The molecule has 2 heterocycles. The minimum Gasteiger partial charge on any atom is -0.317 e. The highest BCUT2D eigenvalue weighted by molar-refractivity contribution is 5.99. The van der Waals surface area contributed by atoms with E-state index in [2.05, 4.69) is 15.6 Å². The van der Waals surface area contributed by atoms with Crippen molar-refractivity contribution in [2.45, 2.75) is 19.8 Å². The molecule has 1 aliphatic heterocycles. The molecule has 0 unspecified atom stereocenters. The monoisotopic (exact) mass is 270 g/mol. The average molecular weight is 270 g/mol. The van der Waals surface area contributed by atoms with Crippen LogP contribution in [0, 0.1) is 5.41 Å². The maximum absolute atomic E-state index is 12.8. The van der Waals surface area contributed by atoms with Crippen LogP contribution < -0.4 is 5.32 Å². The summed E-state index contributed by atoms with van der Waals surface area (Å²) in [7, 11) is 0. The highest BCUT2D eigenvalue weighted by Gasteiger charge is 2.37. The lowest BCUT2D eigenvalue weighted by Gasteiger charge is -2.32. The van der Waals surface area contributed by atoms with E-state index >= 15 is 0 Å². The third kappa shape index (κ3) is 2.25. The zero-order valence-electron chi connectivity index (χ0n) is 11.5. The number of nitrogens with zero attached hydrogens (tertiary/aromatic N) is 3. The van der Waals surface area contributed by atoms with E-state index in [4.69, 9.17) is 0 Å². The number of piperidine rings is 1. The van der Waals surface area contributed by atoms with Crippen molar-refractivity contribution in [2.75, 3.05) is 13.1 Å². The minimum atomic E-state index is -0.320. The maximum atomic E-state index is 12.8. The molecule has 1 fully saturated rings. The fraction of sp³-hybridized carbons (Fsp3) is 0.400. The molecule has 0 saturated carbocycles. The van der Waals surface area contributed by atoms with E-state index in [0.29, 0.717) is 5.69 Å². The van der Waals surface area contributed by atoms with E-state index in [1.54, 1.807) is 10.9 Å². The number of carbonyl (C=O) groups excluding carboxylic acids is 1. The van der Waals surface area contributed by atoms with Crippen LogP contribution in [0.25, 0.3) is 5.69 Å². The van der Waals surface area contributed by atoms with Crippen LogP contribution in [-0.2, 0) is 0 Å². The molecule has 1 N–H and O–H groups in total. The summed E-state index contributed by atoms with van der Waals surface area (Å²) in [4.78, 5) is 12.8. The summed E-state index contributed by atoms with van der Waals surface area (Å²) < 4.78 is 1.63. The summed E-state index contributed by atoms with van der Waals surface area (Å²) in [6.45, 7) is 3.81. The molecular weight excluding hydrogens is 252 g/mol. The van der Waals surface area contributed by atoms with Gasteiger partial charge in [-0.05, 0) is 38.1 Å². The molecule has 20 heavy (non-hydrogen) atoms. The Morgan fingerprint density at radius 3 is 2.65 bits per heavy atom. The first-order valence-corrected chi connectivity index (χ1v) is 6.92. The van der Waals surface area contributed by atoms with Crippen molar-refractivity contribution in [3.8, 4) is 5.69 Å². The Morgan fingerprint density at radius 1 is 1.25 bits per heavy atom. The van der Waals surface area contributed by atoms with Crippen LogP contribution in [-0.4, -0.2) is 33.9 Å². The molecule has 0 amide bonds. The van der Waals surface area contributed by atoms with Gasteiger partial charge >= 0.3 is 0 Å². The summed E-state index contributed by atoms with van der Waals surface area (Å²) >= 11 is 0. The molecule has 2 aromatic rings. The summed E-state index contributed by atoms with van der Waals surface area (Å²) in [6, 6.07) is 9.65. The smallest absolute Gasteiger partial charge is 0.188 e. The minimum absolute atomic E-state index is 0.132. The van der Waals surface area contributed by atoms with Crippen molar-refractivity contribution in [2.24, 2.45) is 5.41 Å². The fourth-order valence-electron chi connectivity index (χ4n) is 2.66. The highest BCUT2D eigenvalue weighted by Crippen LogP contribution is 2.32. The van der Waals surface area contributed by atoms with E-state index in [0.717, 1.165) is 31.6 Å². The first kappa shape index (κ1) is 13.0. The molecule has 1 saturated heterocycles. The summed E-state index contributed by atoms with van der Waals surface area (Å²) in [5, 5.41) is 11.3. The SMILES string of the molecule is CC1(C(=O)c2cnnn2-c2ccccc2)CCNCC1. The Kier molecular flexibility index (Phi) is 3.36. The molecule has 0 atom stereocenters. The number of para-hydroxylation sites is 1. The van der Waals surface area contributed by atoms with Crippen molar-refractivity contribution in [3.63, 3.8) is 0 Å². The van der Waals surface area contributed by atoms with Crippen molar-refractivity contribution < 1.29 is 4.79 Å². The first-order chi connectivity index (χ1) is 9.71. The zero-order valence-corrected chi connectivity index (χ0v) is 11.5. The van der Waals surface area contributed by atoms with E-state index in [1.807, 2.05) is 37.3 Å². The Hall–Kier alpha value is -2.01. The number of rotatable bonds is 3. The lowest BCUT2D eigenvalue weighted by molar-refractivity contribution is 0.0753. The molecule has 5 nitrogen and oxygen atoms in total. The van der Waals surface area contributed by atoms with Gasteiger partial charge in [-0.1, -0.05) is 30.3 Å². The average Bonchev–Trinajstić information content (AvgIpc) is 2.97. The number of aromatic nitrogens is 3. The number of Topliss-reactive ketones (excluding diaryl/α,β-unsaturated/α-hetero) is 1. The third-order valence-electron chi connectivity index (χ3n) is 4.04. The van der Waals surface area contributed by atoms with Crippen LogP contribution in [0.2, 0.25) is 0 Å². The quantitative estimate of drug-likeness (QED) is 0.865. The highest BCUT2D eigenvalue weighted by atomic mass is 16.1. The van der Waals surface area contributed by atoms with Gasteiger partial charge < -0.3 is 5.32 Å². The topological polar surface area (TPSA) is 59.8 Å². The fourth-order valence-corrected chi connectivity index (χ4v) is 2.66. The normalized spacial score (nSPS) is 17.9. The van der Waals surface area contributed by atoms with E-state index < -0.39 is 0 Å². The third-order valence-corrected chi connectivity index (χ3v) is 4.04. The predicted molar refractivity (Wildman–Crippen MR) is 75.9 cm³/mol. The van der Waals surface area contributed by atoms with Crippen LogP contribution in [0.4, 0.5) is 0 Å². The molecule has 1 aromatic carbocycles. The van der Waals surface area contributed by atoms with Gasteiger partial charge in [-0.25, -0.2) is 4.68 Å². The second kappa shape index (κ2) is 5.17. The van der Waals surface area contributed by atoms with E-state index in [-0.39, 0.29) is 11.2 Å².